The quantitative estimate of drug-likeness (QED) is 0.371. The summed E-state index contributed by atoms with van der Waals surface area (Å²) in [5.74, 6) is -1.07. The third-order valence-corrected chi connectivity index (χ3v) is 4.83. The van der Waals surface area contributed by atoms with Crippen LogP contribution in [0.15, 0.2) is 72.8 Å². The molecule has 1 atom stereocenters. The van der Waals surface area contributed by atoms with Crippen molar-refractivity contribution < 1.29 is 14.7 Å². The number of rotatable bonds is 5. The molecular formula is C23H23NO3. The number of carbonyl (C=O) groups is 2. The highest BCUT2D eigenvalue weighted by Gasteiger charge is 2.45. The van der Waals surface area contributed by atoms with Gasteiger partial charge in [-0.25, -0.2) is 0 Å². The van der Waals surface area contributed by atoms with Gasteiger partial charge in [0.15, 0.2) is 0 Å². The van der Waals surface area contributed by atoms with E-state index in [0.717, 1.165) is 5.56 Å². The highest BCUT2D eigenvalue weighted by Crippen LogP contribution is 2.39. The Labute approximate surface area is 159 Å². The smallest absolute Gasteiger partial charge is 0.295 e. The normalized spacial score (nSPS) is 18.9. The first kappa shape index (κ1) is 18.6. The molecule has 0 aromatic heterocycles. The first-order valence-corrected chi connectivity index (χ1v) is 9.00. The minimum absolute atomic E-state index is 0.116. The molecule has 0 spiro atoms. The standard InChI is InChI=1S/C23H23NO3/c1-4-14-24-20(17-12-10-16(11-13-17)15(2)3)19(22(26)23(24)27)21(25)18-8-6-5-7-9-18/h4-13,15,20,25H,1,14H2,2-3H3/t20-/m1/s1. The fourth-order valence-electron chi connectivity index (χ4n) is 3.37. The van der Waals surface area contributed by atoms with Crippen LogP contribution in [0.5, 0.6) is 0 Å². The molecule has 27 heavy (non-hydrogen) atoms. The average Bonchev–Trinajstić information content (AvgIpc) is 2.93. The number of aliphatic hydroxyl groups excluding tert-OH is 1. The van der Waals surface area contributed by atoms with E-state index in [1.54, 1.807) is 30.3 Å². The Hall–Kier alpha value is -3.14. The van der Waals surface area contributed by atoms with Gasteiger partial charge in [-0.15, -0.1) is 6.58 Å². The van der Waals surface area contributed by atoms with Gasteiger partial charge in [-0.3, -0.25) is 9.59 Å². The van der Waals surface area contributed by atoms with Crippen molar-refractivity contribution in [1.82, 2.24) is 4.90 Å². The number of aliphatic hydroxyl groups is 1. The largest absolute Gasteiger partial charge is 0.507 e. The lowest BCUT2D eigenvalue weighted by Crippen LogP contribution is -2.29. The Kier molecular flexibility index (Phi) is 5.26. The van der Waals surface area contributed by atoms with E-state index in [9.17, 15) is 14.7 Å². The second-order valence-corrected chi connectivity index (χ2v) is 6.93. The number of likely N-dealkylation sites (tertiary alicyclic amines) is 1. The molecule has 4 nitrogen and oxygen atoms in total. The van der Waals surface area contributed by atoms with Crippen molar-refractivity contribution in [2.75, 3.05) is 6.54 Å². The van der Waals surface area contributed by atoms with Gasteiger partial charge < -0.3 is 10.0 Å². The van der Waals surface area contributed by atoms with Crippen molar-refractivity contribution >= 4 is 17.4 Å². The predicted octanol–water partition coefficient (Wildman–Crippen LogP) is 4.42. The summed E-state index contributed by atoms with van der Waals surface area (Å²) in [5.41, 5.74) is 2.59. The second kappa shape index (κ2) is 7.62. The topological polar surface area (TPSA) is 57.6 Å². The van der Waals surface area contributed by atoms with Gasteiger partial charge in [-0.1, -0.05) is 74.5 Å². The number of hydrogen-bond acceptors (Lipinski definition) is 3. The highest BCUT2D eigenvalue weighted by molar-refractivity contribution is 6.46. The molecular weight excluding hydrogens is 338 g/mol. The summed E-state index contributed by atoms with van der Waals surface area (Å²) in [6.45, 7) is 8.13. The Balaban J connectivity index is 2.16. The molecule has 138 valence electrons. The molecule has 4 heteroatoms. The number of amides is 1. The van der Waals surface area contributed by atoms with Crippen LogP contribution in [0.25, 0.3) is 5.76 Å². The van der Waals surface area contributed by atoms with E-state index < -0.39 is 17.7 Å². The lowest BCUT2D eigenvalue weighted by molar-refractivity contribution is -0.139. The third-order valence-electron chi connectivity index (χ3n) is 4.83. The summed E-state index contributed by atoms with van der Waals surface area (Å²) in [6.07, 6.45) is 1.59. The average molecular weight is 361 g/mol. The molecule has 3 rings (SSSR count). The molecule has 1 saturated heterocycles. The first-order valence-electron chi connectivity index (χ1n) is 9.00. The number of ketones is 1. The van der Waals surface area contributed by atoms with Crippen LogP contribution in [0.2, 0.25) is 0 Å². The number of benzene rings is 2. The number of hydrogen-bond donors (Lipinski definition) is 1. The van der Waals surface area contributed by atoms with E-state index in [2.05, 4.69) is 20.4 Å². The highest BCUT2D eigenvalue weighted by atomic mass is 16.3. The monoisotopic (exact) mass is 361 g/mol. The summed E-state index contributed by atoms with van der Waals surface area (Å²) < 4.78 is 0. The van der Waals surface area contributed by atoms with Gasteiger partial charge in [0.1, 0.15) is 5.76 Å². The molecule has 0 saturated carbocycles. The lowest BCUT2D eigenvalue weighted by Gasteiger charge is -2.24. The summed E-state index contributed by atoms with van der Waals surface area (Å²) >= 11 is 0. The summed E-state index contributed by atoms with van der Waals surface area (Å²) in [7, 11) is 0. The van der Waals surface area contributed by atoms with Crippen LogP contribution in [0.1, 0.15) is 42.5 Å². The molecule has 0 aliphatic carbocycles. The van der Waals surface area contributed by atoms with Gasteiger partial charge >= 0.3 is 0 Å². The molecule has 1 aliphatic rings. The molecule has 1 N–H and O–H groups in total. The molecule has 2 aromatic carbocycles. The zero-order chi connectivity index (χ0) is 19.6. The molecule has 2 aromatic rings. The van der Waals surface area contributed by atoms with E-state index in [-0.39, 0.29) is 17.9 Å². The number of Topliss-reactive ketones (excluding diaryl/α,β-unsaturated/α-hetero) is 1. The van der Waals surface area contributed by atoms with Gasteiger partial charge in [-0.2, -0.15) is 0 Å². The maximum absolute atomic E-state index is 12.7. The molecule has 1 amide bonds. The van der Waals surface area contributed by atoms with Gasteiger partial charge in [0.2, 0.25) is 0 Å². The summed E-state index contributed by atoms with van der Waals surface area (Å²) in [5, 5.41) is 10.8. The maximum atomic E-state index is 12.7. The maximum Gasteiger partial charge on any atom is 0.295 e. The Morgan fingerprint density at radius 3 is 2.30 bits per heavy atom. The molecule has 0 bridgehead atoms. The van der Waals surface area contributed by atoms with Gasteiger partial charge in [0.05, 0.1) is 11.6 Å². The van der Waals surface area contributed by atoms with E-state index in [0.29, 0.717) is 11.5 Å². The van der Waals surface area contributed by atoms with Crippen molar-refractivity contribution in [2.24, 2.45) is 0 Å². The second-order valence-electron chi connectivity index (χ2n) is 6.93. The first-order chi connectivity index (χ1) is 13.0. The van der Waals surface area contributed by atoms with Crippen molar-refractivity contribution in [1.29, 1.82) is 0 Å². The van der Waals surface area contributed by atoms with E-state index in [4.69, 9.17) is 0 Å². The zero-order valence-electron chi connectivity index (χ0n) is 15.6. The van der Waals surface area contributed by atoms with Crippen LogP contribution in [0.4, 0.5) is 0 Å². The van der Waals surface area contributed by atoms with E-state index >= 15 is 0 Å². The van der Waals surface area contributed by atoms with E-state index in [1.165, 1.54) is 10.5 Å². The molecule has 1 aliphatic heterocycles. The van der Waals surface area contributed by atoms with Crippen molar-refractivity contribution in [2.45, 2.75) is 25.8 Å². The Bertz CT molecular complexity index is 895. The lowest BCUT2D eigenvalue weighted by atomic mass is 9.93. The van der Waals surface area contributed by atoms with Crippen LogP contribution in [-0.2, 0) is 9.59 Å². The summed E-state index contributed by atoms with van der Waals surface area (Å²) in [6, 6.07) is 16.0. The van der Waals surface area contributed by atoms with Gasteiger partial charge in [-0.05, 0) is 17.0 Å². The van der Waals surface area contributed by atoms with Crippen molar-refractivity contribution in [3.63, 3.8) is 0 Å². The van der Waals surface area contributed by atoms with Crippen LogP contribution in [0, 0.1) is 0 Å². The fourth-order valence-corrected chi connectivity index (χ4v) is 3.37. The zero-order valence-corrected chi connectivity index (χ0v) is 15.6. The number of nitrogens with zero attached hydrogens (tertiary/aromatic N) is 1. The molecule has 1 fully saturated rings. The van der Waals surface area contributed by atoms with Crippen molar-refractivity contribution in [3.8, 4) is 0 Å². The summed E-state index contributed by atoms with van der Waals surface area (Å²) in [4.78, 5) is 26.8. The van der Waals surface area contributed by atoms with Crippen molar-refractivity contribution in [3.05, 3.63) is 89.5 Å². The van der Waals surface area contributed by atoms with Crippen LogP contribution < -0.4 is 0 Å². The van der Waals surface area contributed by atoms with Crippen LogP contribution in [-0.4, -0.2) is 28.2 Å². The van der Waals surface area contributed by atoms with Gasteiger partial charge in [0, 0.05) is 12.1 Å². The Morgan fingerprint density at radius 2 is 1.74 bits per heavy atom. The number of carbonyl (C=O) groups excluding carboxylic acids is 2. The third kappa shape index (κ3) is 3.43. The minimum Gasteiger partial charge on any atom is -0.507 e. The van der Waals surface area contributed by atoms with Gasteiger partial charge in [0.25, 0.3) is 11.7 Å². The van der Waals surface area contributed by atoms with E-state index in [1.807, 2.05) is 30.3 Å². The predicted molar refractivity (Wildman–Crippen MR) is 106 cm³/mol. The molecule has 0 radical (unpaired) electrons. The Morgan fingerprint density at radius 1 is 1.11 bits per heavy atom. The SMILES string of the molecule is C=CCN1C(=O)C(=O)C(=C(O)c2ccccc2)[C@H]1c1ccc(C(C)C)cc1. The molecule has 1 heterocycles. The van der Waals surface area contributed by atoms with Crippen LogP contribution in [0.3, 0.4) is 0 Å². The minimum atomic E-state index is -0.670. The fraction of sp³-hybridized carbons (Fsp3) is 0.217. The van der Waals surface area contributed by atoms with Crippen LogP contribution >= 0.6 is 0 Å². The molecule has 0 unspecified atom stereocenters.